The minimum absolute atomic E-state index is 0.0249. The third kappa shape index (κ3) is 4.17. The molecule has 0 heterocycles. The van der Waals surface area contributed by atoms with Crippen LogP contribution < -0.4 is 4.72 Å². The largest absolute Gasteiger partial charge is 0.269 e. The number of hydrogen-bond acceptors (Lipinski definition) is 4. The van der Waals surface area contributed by atoms with Crippen LogP contribution in [0, 0.1) is 16.0 Å². The summed E-state index contributed by atoms with van der Waals surface area (Å²) in [7, 11) is -3.73. The second kappa shape index (κ2) is 7.80. The van der Waals surface area contributed by atoms with Crippen molar-refractivity contribution in [2.75, 3.05) is 6.54 Å². The highest BCUT2D eigenvalue weighted by molar-refractivity contribution is 7.89. The predicted molar refractivity (Wildman–Crippen MR) is 99.3 cm³/mol. The van der Waals surface area contributed by atoms with Gasteiger partial charge in [0, 0.05) is 24.6 Å². The van der Waals surface area contributed by atoms with Crippen molar-refractivity contribution in [1.82, 2.24) is 4.72 Å². The zero-order valence-electron chi connectivity index (χ0n) is 14.1. The van der Waals surface area contributed by atoms with Gasteiger partial charge in [0.15, 0.2) is 0 Å². The lowest BCUT2D eigenvalue weighted by Gasteiger charge is -2.23. The first-order chi connectivity index (χ1) is 12.5. The minimum atomic E-state index is -3.73. The van der Waals surface area contributed by atoms with E-state index in [-0.39, 0.29) is 29.0 Å². The van der Waals surface area contributed by atoms with E-state index in [4.69, 9.17) is 0 Å². The molecule has 0 radical (unpaired) electrons. The summed E-state index contributed by atoms with van der Waals surface area (Å²) in [6.45, 7) is 0.276. The molecule has 0 saturated carbocycles. The number of nitrogens with zero attached hydrogens (tertiary/aromatic N) is 1. The van der Waals surface area contributed by atoms with Crippen LogP contribution in [0.3, 0.4) is 0 Å². The van der Waals surface area contributed by atoms with Gasteiger partial charge in [0.1, 0.15) is 0 Å². The van der Waals surface area contributed by atoms with Crippen molar-refractivity contribution in [3.63, 3.8) is 0 Å². The lowest BCUT2D eigenvalue weighted by molar-refractivity contribution is -0.384. The van der Waals surface area contributed by atoms with E-state index in [0.717, 1.165) is 18.4 Å². The Morgan fingerprint density at radius 2 is 1.81 bits per heavy atom. The van der Waals surface area contributed by atoms with Crippen molar-refractivity contribution in [1.29, 1.82) is 0 Å². The van der Waals surface area contributed by atoms with Crippen LogP contribution in [-0.4, -0.2) is 19.9 Å². The van der Waals surface area contributed by atoms with Crippen molar-refractivity contribution >= 4 is 15.7 Å². The number of sulfonamides is 1. The molecule has 0 unspecified atom stereocenters. The summed E-state index contributed by atoms with van der Waals surface area (Å²) < 4.78 is 27.8. The van der Waals surface area contributed by atoms with Gasteiger partial charge in [-0.3, -0.25) is 10.1 Å². The molecule has 0 spiro atoms. The molecule has 1 N–H and O–H groups in total. The third-order valence-electron chi connectivity index (χ3n) is 4.65. The molecule has 2 atom stereocenters. The van der Waals surface area contributed by atoms with Crippen LogP contribution in [0.1, 0.15) is 24.3 Å². The van der Waals surface area contributed by atoms with Gasteiger partial charge in [-0.1, -0.05) is 42.5 Å². The van der Waals surface area contributed by atoms with Crippen molar-refractivity contribution < 1.29 is 13.3 Å². The number of allylic oxidation sites excluding steroid dienone is 2. The topological polar surface area (TPSA) is 89.3 Å². The van der Waals surface area contributed by atoms with E-state index >= 15 is 0 Å². The number of rotatable bonds is 7. The van der Waals surface area contributed by atoms with E-state index < -0.39 is 14.9 Å². The molecule has 0 aromatic heterocycles. The Balaban J connectivity index is 1.77. The van der Waals surface area contributed by atoms with Crippen molar-refractivity contribution in [2.24, 2.45) is 5.92 Å². The maximum atomic E-state index is 12.6. The van der Waals surface area contributed by atoms with Crippen LogP contribution in [0.4, 0.5) is 5.69 Å². The molecule has 3 rings (SSSR count). The summed E-state index contributed by atoms with van der Waals surface area (Å²) >= 11 is 0. The predicted octanol–water partition coefficient (Wildman–Crippen LogP) is 3.62. The van der Waals surface area contributed by atoms with Crippen molar-refractivity contribution in [2.45, 2.75) is 23.7 Å². The summed E-state index contributed by atoms with van der Waals surface area (Å²) in [5.41, 5.74) is 0.956. The van der Waals surface area contributed by atoms with Gasteiger partial charge >= 0.3 is 0 Å². The number of nitro groups is 1. The number of hydrogen-bond donors (Lipinski definition) is 1. The molecule has 0 amide bonds. The molecule has 136 valence electrons. The Morgan fingerprint density at radius 1 is 1.12 bits per heavy atom. The molecule has 1 aliphatic rings. The fraction of sp³-hybridized carbons (Fsp3) is 0.263. The van der Waals surface area contributed by atoms with E-state index in [0.29, 0.717) is 0 Å². The van der Waals surface area contributed by atoms with Gasteiger partial charge < -0.3 is 0 Å². The average molecular weight is 372 g/mol. The minimum Gasteiger partial charge on any atom is -0.258 e. The first-order valence-corrected chi connectivity index (χ1v) is 9.91. The van der Waals surface area contributed by atoms with E-state index in [1.54, 1.807) is 0 Å². The van der Waals surface area contributed by atoms with Crippen molar-refractivity contribution in [3.05, 3.63) is 82.4 Å². The third-order valence-corrected chi connectivity index (χ3v) is 6.09. The molecular weight excluding hydrogens is 352 g/mol. The highest BCUT2D eigenvalue weighted by Gasteiger charge is 2.25. The molecule has 0 saturated heterocycles. The molecule has 1 aliphatic carbocycles. The number of non-ortho nitro benzene ring substituents is 1. The SMILES string of the molecule is O=[N+]([O-])c1ccc(S(=O)(=O)NC[C@@H](c2ccccc2)[C@H]2C=CCC2)cc1. The Bertz CT molecular complexity index is 893. The first-order valence-electron chi connectivity index (χ1n) is 8.43. The Labute approximate surface area is 152 Å². The maximum absolute atomic E-state index is 12.6. The quantitative estimate of drug-likeness (QED) is 0.457. The molecule has 0 fully saturated rings. The average Bonchev–Trinajstić information content (AvgIpc) is 3.17. The van der Waals surface area contributed by atoms with E-state index in [9.17, 15) is 18.5 Å². The molecule has 6 nitrogen and oxygen atoms in total. The molecule has 2 aromatic rings. The number of benzene rings is 2. The van der Waals surface area contributed by atoms with E-state index in [2.05, 4.69) is 16.9 Å². The highest BCUT2D eigenvalue weighted by atomic mass is 32.2. The molecule has 2 aromatic carbocycles. The lowest BCUT2D eigenvalue weighted by Crippen LogP contribution is -2.31. The van der Waals surface area contributed by atoms with Crippen LogP contribution in [0.5, 0.6) is 0 Å². The molecule has 0 bridgehead atoms. The summed E-state index contributed by atoms with van der Waals surface area (Å²) in [5, 5.41) is 10.7. The second-order valence-electron chi connectivity index (χ2n) is 6.29. The van der Waals surface area contributed by atoms with Gasteiger partial charge in [-0.2, -0.15) is 0 Å². The summed E-state index contributed by atoms with van der Waals surface area (Å²) in [6.07, 6.45) is 6.28. The Kier molecular flexibility index (Phi) is 5.49. The van der Waals surface area contributed by atoms with Gasteiger partial charge in [0.2, 0.25) is 10.0 Å². The summed E-state index contributed by atoms with van der Waals surface area (Å²) in [6, 6.07) is 14.8. The molecular formula is C19H20N2O4S. The molecule has 7 heteroatoms. The van der Waals surface area contributed by atoms with Gasteiger partial charge in [-0.05, 0) is 36.5 Å². The summed E-state index contributed by atoms with van der Waals surface area (Å²) in [5.74, 6) is 0.333. The Morgan fingerprint density at radius 3 is 2.38 bits per heavy atom. The van der Waals surface area contributed by atoms with Crippen LogP contribution in [0.15, 0.2) is 71.6 Å². The van der Waals surface area contributed by atoms with Crippen LogP contribution >= 0.6 is 0 Å². The molecule has 0 aliphatic heterocycles. The number of nitro benzene ring substituents is 1. The fourth-order valence-corrected chi connectivity index (χ4v) is 4.30. The van der Waals surface area contributed by atoms with E-state index in [1.807, 2.05) is 30.3 Å². The standard InChI is InChI=1S/C19H20N2O4S/c22-21(23)17-10-12-18(13-11-17)26(24,25)20-14-19(16-8-4-5-9-16)15-6-2-1-3-7-15/h1-4,6-8,10-13,16,19-20H,5,9,14H2/t16-,19-/m0/s1. The monoisotopic (exact) mass is 372 g/mol. The van der Waals surface area contributed by atoms with Gasteiger partial charge in [-0.25, -0.2) is 13.1 Å². The van der Waals surface area contributed by atoms with Crippen LogP contribution in [0.25, 0.3) is 0 Å². The Hall–Kier alpha value is -2.51. The zero-order chi connectivity index (χ0) is 18.6. The first kappa shape index (κ1) is 18.3. The highest BCUT2D eigenvalue weighted by Crippen LogP contribution is 2.33. The smallest absolute Gasteiger partial charge is 0.258 e. The second-order valence-corrected chi connectivity index (χ2v) is 8.06. The fourth-order valence-electron chi connectivity index (χ4n) is 3.24. The van der Waals surface area contributed by atoms with Gasteiger partial charge in [0.05, 0.1) is 9.82 Å². The molecule has 26 heavy (non-hydrogen) atoms. The number of nitrogens with one attached hydrogen (secondary N) is 1. The maximum Gasteiger partial charge on any atom is 0.269 e. The van der Waals surface area contributed by atoms with Crippen molar-refractivity contribution in [3.8, 4) is 0 Å². The zero-order valence-corrected chi connectivity index (χ0v) is 14.9. The normalized spacial score (nSPS) is 17.9. The van der Waals surface area contributed by atoms with Gasteiger partial charge in [0.25, 0.3) is 5.69 Å². The lowest BCUT2D eigenvalue weighted by atomic mass is 9.86. The van der Waals surface area contributed by atoms with Gasteiger partial charge in [-0.15, -0.1) is 0 Å². The van der Waals surface area contributed by atoms with Crippen LogP contribution in [-0.2, 0) is 10.0 Å². The summed E-state index contributed by atoms with van der Waals surface area (Å²) in [4.78, 5) is 10.2. The van der Waals surface area contributed by atoms with E-state index in [1.165, 1.54) is 24.3 Å². The van der Waals surface area contributed by atoms with Crippen LogP contribution in [0.2, 0.25) is 0 Å².